The highest BCUT2D eigenvalue weighted by molar-refractivity contribution is 6.32. The van der Waals surface area contributed by atoms with E-state index in [-0.39, 0.29) is 61.8 Å². The Morgan fingerprint density at radius 1 is 0.721 bits per heavy atom. The molecule has 0 spiro atoms. The number of methoxy groups -OCH3 is 1. The average molecular weight is 1850 g/mol. The van der Waals surface area contributed by atoms with E-state index >= 15 is 24.0 Å². The number of carbonyl (C=O) groups excluding carboxylic acids is 10. The van der Waals surface area contributed by atoms with Gasteiger partial charge in [0.05, 0.1) is 54.4 Å². The molecule has 1 aromatic heterocycles. The van der Waals surface area contributed by atoms with Gasteiger partial charge in [-0.15, -0.1) is 0 Å². The summed E-state index contributed by atoms with van der Waals surface area (Å²) in [5.41, 5.74) is 5.65. The van der Waals surface area contributed by atoms with Crippen molar-refractivity contribution in [3.8, 4) is 57.1 Å². The molecule has 41 nitrogen and oxygen atoms in total. The molecule has 14 rings (SSSR count). The number of halogens is 3. The van der Waals surface area contributed by atoms with Gasteiger partial charge in [-0.05, 0) is 145 Å². The fourth-order valence-corrected chi connectivity index (χ4v) is 15.7. The number of aliphatic hydroxyl groups is 6. The highest BCUT2D eigenvalue weighted by Gasteiger charge is 2.52. The van der Waals surface area contributed by atoms with Crippen LogP contribution in [0.25, 0.3) is 17.2 Å². The van der Waals surface area contributed by atoms with Gasteiger partial charge in [0.25, 0.3) is 5.91 Å². The molecule has 6 aromatic carbocycles. The number of aliphatic hydroxyl groups excluding tert-OH is 6. The zero-order valence-corrected chi connectivity index (χ0v) is 71.9. The Labute approximate surface area is 749 Å². The van der Waals surface area contributed by atoms with Gasteiger partial charge in [0, 0.05) is 66.6 Å². The van der Waals surface area contributed by atoms with Gasteiger partial charge in [-0.3, -0.25) is 63.4 Å². The molecule has 2 fully saturated rings. The first-order valence-corrected chi connectivity index (χ1v) is 41.5. The summed E-state index contributed by atoms with van der Waals surface area (Å²) < 4.78 is 45.6. The maximum absolute atomic E-state index is 16.4. The van der Waals surface area contributed by atoms with Crippen LogP contribution in [0.1, 0.15) is 117 Å². The number of fused-ring (bicyclic) bond motifs is 15. The number of amides is 10. The number of anilines is 1. The predicted octanol–water partition coefficient (Wildman–Crippen LogP) is 1.40. The van der Waals surface area contributed by atoms with Gasteiger partial charge < -0.3 is 133 Å². The van der Waals surface area contributed by atoms with Crippen LogP contribution in [0, 0.1) is 5.92 Å². The van der Waals surface area contributed by atoms with Crippen molar-refractivity contribution in [3.63, 3.8) is 0 Å². The Morgan fingerprint density at radius 3 is 2.01 bits per heavy atom. The van der Waals surface area contributed by atoms with Gasteiger partial charge in [0.1, 0.15) is 101 Å². The summed E-state index contributed by atoms with van der Waals surface area (Å²) in [4.78, 5) is 164. The summed E-state index contributed by atoms with van der Waals surface area (Å²) >= 11 is 20.4. The maximum atomic E-state index is 16.4. The van der Waals surface area contributed by atoms with E-state index in [4.69, 9.17) is 73.7 Å². The van der Waals surface area contributed by atoms with Crippen molar-refractivity contribution < 1.29 is 127 Å². The number of benzene rings is 6. The fraction of sp³-hybridized carbons (Fsp3) is 0.388. The molecule has 688 valence electrons. The summed E-state index contributed by atoms with van der Waals surface area (Å²) in [6.45, 7) is 5.43. The number of hydrogen-bond donors (Lipinski definition) is 21. The molecule has 8 heterocycles. The molecule has 129 heavy (non-hydrogen) atoms. The second-order valence-corrected chi connectivity index (χ2v) is 32.9. The van der Waals surface area contributed by atoms with Crippen LogP contribution < -0.4 is 84.3 Å². The number of phenolic OH excluding ortho intramolecular Hbond substituents is 3. The Balaban J connectivity index is 0.998. The average Bonchev–Trinajstić information content (AvgIpc) is 0.760. The monoisotopic (exact) mass is 1850 g/mol. The number of hydrazine groups is 1. The number of carbonyl (C=O) groups is 10. The SMILES string of the molecule is CNC(CC(C)C)C(=O)NC1C(=O)NC(CC(N)=O)C(=O)NC2C(=O)NC3C(=O)NC(C(=O)NC(C(=O)NNC(=O)CCOC)c4cc(O)cc(O)c4-c4cc3ccc4O)C(O)c3ccc(c(Cl)c3)Oc3cc2cc(c3OC2OC(CO)C(O)C(O)C2OC2CC(C)(NCCn3ccc(NC(=O)/C=C/c4ccc(Cl)cc4)nc3=O)C(O)C(C)O2)Oc2ccc(cc2Cl)C1O. The van der Waals surface area contributed by atoms with E-state index in [9.17, 15) is 74.7 Å². The number of nitrogens with zero attached hydrogens (tertiary/aromatic N) is 2. The van der Waals surface area contributed by atoms with Crippen molar-refractivity contribution in [3.05, 3.63) is 180 Å². The van der Waals surface area contributed by atoms with Crippen molar-refractivity contribution in [2.75, 3.05) is 39.2 Å². The van der Waals surface area contributed by atoms with Crippen LogP contribution in [0.2, 0.25) is 15.1 Å². The molecule has 0 saturated carbocycles. The Hall–Kier alpha value is -12.2. The fourth-order valence-electron chi connectivity index (χ4n) is 15.2. The van der Waals surface area contributed by atoms with Gasteiger partial charge in [-0.1, -0.05) is 79.0 Å². The number of phenols is 3. The largest absolute Gasteiger partial charge is 0.508 e. The van der Waals surface area contributed by atoms with E-state index < -0.39 is 271 Å². The lowest BCUT2D eigenvalue weighted by atomic mass is 9.85. The van der Waals surface area contributed by atoms with Crippen molar-refractivity contribution in [1.82, 2.24) is 62.9 Å². The number of aromatic nitrogens is 2. The summed E-state index contributed by atoms with van der Waals surface area (Å²) in [5.74, 6) is -17.5. The molecule has 18 atom stereocenters. The maximum Gasteiger partial charge on any atom is 0.349 e. The quantitative estimate of drug-likeness (QED) is 0.0318. The number of likely N-dealkylation sites (N-methyl/N-ethyl adjacent to an activating group) is 1. The first-order valence-electron chi connectivity index (χ1n) is 40.4. The number of nitrogens with one attached hydrogen (secondary N) is 11. The van der Waals surface area contributed by atoms with Crippen molar-refractivity contribution in [1.29, 1.82) is 0 Å². The van der Waals surface area contributed by atoms with Crippen molar-refractivity contribution >= 4 is 106 Å². The van der Waals surface area contributed by atoms with Crippen LogP contribution in [0.4, 0.5) is 5.82 Å². The van der Waals surface area contributed by atoms with Crippen LogP contribution in [-0.4, -0.2) is 227 Å². The number of primary amides is 1. The van der Waals surface area contributed by atoms with E-state index in [2.05, 4.69) is 63.7 Å². The highest BCUT2D eigenvalue weighted by atomic mass is 35.5. The molecule has 7 aromatic rings. The summed E-state index contributed by atoms with van der Waals surface area (Å²) in [5, 5.41) is 130. The van der Waals surface area contributed by atoms with Crippen LogP contribution in [-0.2, 0) is 73.4 Å². The van der Waals surface area contributed by atoms with E-state index in [1.54, 1.807) is 45.0 Å². The Kier molecular flexibility index (Phi) is 30.9. The minimum Gasteiger partial charge on any atom is -0.508 e. The number of aromatic hydroxyl groups is 3. The third kappa shape index (κ3) is 22.6. The Bertz CT molecular complexity index is 5520. The number of hydrogen-bond acceptors (Lipinski definition) is 30. The van der Waals surface area contributed by atoms with Crippen molar-refractivity contribution in [2.24, 2.45) is 11.7 Å². The predicted molar refractivity (Wildman–Crippen MR) is 456 cm³/mol. The Morgan fingerprint density at radius 2 is 1.37 bits per heavy atom. The smallest absolute Gasteiger partial charge is 0.349 e. The van der Waals surface area contributed by atoms with Gasteiger partial charge in [0.15, 0.2) is 23.9 Å². The lowest BCUT2D eigenvalue weighted by Gasteiger charge is -2.48. The molecule has 2 saturated heterocycles. The van der Waals surface area contributed by atoms with Crippen LogP contribution >= 0.6 is 34.8 Å². The molecular formula is C85H95Cl3N14O27. The number of nitrogens with two attached hydrogens (primary N) is 1. The van der Waals surface area contributed by atoms with E-state index in [0.29, 0.717) is 10.6 Å². The third-order valence-electron chi connectivity index (χ3n) is 21.9. The van der Waals surface area contributed by atoms with Crippen LogP contribution in [0.3, 0.4) is 0 Å². The molecule has 22 N–H and O–H groups in total. The zero-order chi connectivity index (χ0) is 93.3. The normalized spacial score (nSPS) is 25.5. The molecule has 7 aliphatic heterocycles. The number of rotatable bonds is 23. The van der Waals surface area contributed by atoms with Gasteiger partial charge >= 0.3 is 5.69 Å². The molecule has 44 heteroatoms. The molecular weight excluding hydrogens is 1760 g/mol. The highest BCUT2D eigenvalue weighted by Crippen LogP contribution is 2.50. The lowest BCUT2D eigenvalue weighted by molar-refractivity contribution is -0.334. The minimum atomic E-state index is -2.42. The van der Waals surface area contributed by atoms with E-state index in [1.807, 2.05) is 0 Å². The third-order valence-corrected chi connectivity index (χ3v) is 22.8. The zero-order valence-electron chi connectivity index (χ0n) is 69.7. The van der Waals surface area contributed by atoms with Gasteiger partial charge in [-0.2, -0.15) is 4.98 Å². The first kappa shape index (κ1) is 95.9. The molecule has 18 unspecified atom stereocenters. The topological polar surface area (TPSA) is 611 Å². The molecule has 7 aliphatic rings. The summed E-state index contributed by atoms with van der Waals surface area (Å²) in [6.07, 6.45) is -15.9. The lowest BCUT2D eigenvalue weighted by Crippen LogP contribution is -2.65. The summed E-state index contributed by atoms with van der Waals surface area (Å²) in [7, 11) is 2.76. The molecule has 11 bridgehead atoms. The second-order valence-electron chi connectivity index (χ2n) is 31.7. The van der Waals surface area contributed by atoms with Crippen molar-refractivity contribution in [2.45, 2.75) is 169 Å². The molecule has 0 radical (unpaired) electrons. The summed E-state index contributed by atoms with van der Waals surface area (Å²) in [6, 6.07) is 7.06. The van der Waals surface area contributed by atoms with Gasteiger partial charge in [-0.25, -0.2) is 4.79 Å². The van der Waals surface area contributed by atoms with E-state index in [0.717, 1.165) is 66.7 Å². The first-order chi connectivity index (χ1) is 61.3. The second kappa shape index (κ2) is 41.5. The minimum absolute atomic E-state index is 0.0422. The van der Waals surface area contributed by atoms with Crippen LogP contribution in [0.5, 0.6) is 46.0 Å². The molecule has 10 amide bonds. The number of ether oxygens (including phenoxy) is 7. The van der Waals surface area contributed by atoms with Gasteiger partial charge in [0.2, 0.25) is 65.2 Å². The molecule has 0 aliphatic carbocycles. The van der Waals surface area contributed by atoms with Crippen LogP contribution in [0.15, 0.2) is 126 Å². The van der Waals surface area contributed by atoms with E-state index in [1.165, 1.54) is 62.2 Å². The standard InChI is InChI=1S/C85H95Cl3N14O27/c1-36(2)25-49(90-5)76(115)98-67-69(110)40-11-16-53(47(87)27-40)125-55-29-42-30-56(73(55)129-83-74(72(113)71(112)57(35-103)127-83)128-62-34-85(4,75(114)37(3)124-62)91-21-23-102-22-19-59(94-84(102)122)93-60(108)18-9-38-7-13-43(86)14-8-38)126-54-17-12-41(28-48(54)88)70(111)68-81(120)97-66(82(121)101-100-61(109)20-24-123-6)46-31-44(104)32-52(106)63(46)45-26-39(10-15-51(45)105)64(78(117)99-68)96-79(118)65(42)95-77(116)50(33-58(89)107)92-80(67)119/h7-19,22,26-32,36-37,49-50,57,62,64-72,74-75,83,90-91,103-106,110-114H,20-21,23-25,33-35H2,1-6H3,(H2,89,107)(H,92,119)(H,95,116)(H,96,118)(H,97,120)(H,98,115)(H,99,117)(H,100,109)(H,101,121)(H,93,94,108,122)/b18-9+.